The first kappa shape index (κ1) is 18.4. The fraction of sp³-hybridized carbons (Fsp3) is 0.417. The van der Waals surface area contributed by atoms with Crippen LogP contribution in [0.3, 0.4) is 0 Å². The lowest BCUT2D eigenvalue weighted by molar-refractivity contribution is 0.174. The maximum absolute atomic E-state index is 5.71. The SMILES string of the molecule is CCC1Cc2c(c3cc4c(cc3c3cc(OC)c(OC)cc23)OCO4)CN1CC. The maximum Gasteiger partial charge on any atom is 0.231 e. The van der Waals surface area contributed by atoms with E-state index < -0.39 is 0 Å². The van der Waals surface area contributed by atoms with Crippen molar-refractivity contribution in [3.8, 4) is 23.0 Å². The second-order valence-electron chi connectivity index (χ2n) is 7.79. The van der Waals surface area contributed by atoms with Crippen molar-refractivity contribution in [3.63, 3.8) is 0 Å². The van der Waals surface area contributed by atoms with Gasteiger partial charge in [0.1, 0.15) is 0 Å². The zero-order valence-electron chi connectivity index (χ0n) is 17.5. The summed E-state index contributed by atoms with van der Waals surface area (Å²) in [6, 6.07) is 9.08. The molecule has 0 fully saturated rings. The second kappa shape index (κ2) is 6.99. The Morgan fingerprint density at radius 2 is 1.45 bits per heavy atom. The summed E-state index contributed by atoms with van der Waals surface area (Å²) in [7, 11) is 3.38. The first-order valence-corrected chi connectivity index (χ1v) is 10.3. The van der Waals surface area contributed by atoms with Gasteiger partial charge >= 0.3 is 0 Å². The van der Waals surface area contributed by atoms with Crippen molar-refractivity contribution in [1.29, 1.82) is 0 Å². The van der Waals surface area contributed by atoms with Crippen LogP contribution in [0, 0.1) is 0 Å². The highest BCUT2D eigenvalue weighted by Gasteiger charge is 2.29. The molecule has 1 atom stereocenters. The minimum atomic E-state index is 0.280. The first-order chi connectivity index (χ1) is 14.2. The Hall–Kier alpha value is -2.66. The average Bonchev–Trinajstić information content (AvgIpc) is 3.23. The van der Waals surface area contributed by atoms with Crippen molar-refractivity contribution in [1.82, 2.24) is 4.90 Å². The van der Waals surface area contributed by atoms with E-state index >= 15 is 0 Å². The Bertz CT molecular complexity index is 1110. The largest absolute Gasteiger partial charge is 0.493 e. The van der Waals surface area contributed by atoms with Gasteiger partial charge in [-0.25, -0.2) is 0 Å². The first-order valence-electron chi connectivity index (χ1n) is 10.3. The summed E-state index contributed by atoms with van der Waals surface area (Å²) in [5.74, 6) is 3.16. The van der Waals surface area contributed by atoms with Crippen molar-refractivity contribution in [2.24, 2.45) is 0 Å². The minimum Gasteiger partial charge on any atom is -0.493 e. The smallest absolute Gasteiger partial charge is 0.231 e. The van der Waals surface area contributed by atoms with Crippen LogP contribution in [-0.2, 0) is 13.0 Å². The number of nitrogens with zero attached hydrogens (tertiary/aromatic N) is 1. The lowest BCUT2D eigenvalue weighted by Gasteiger charge is -2.37. The Balaban J connectivity index is 1.89. The molecule has 1 unspecified atom stereocenters. The highest BCUT2D eigenvalue weighted by atomic mass is 16.7. The molecule has 3 aromatic rings. The van der Waals surface area contributed by atoms with Crippen molar-refractivity contribution in [2.75, 3.05) is 27.6 Å². The number of ether oxygens (including phenoxy) is 4. The van der Waals surface area contributed by atoms with Crippen molar-refractivity contribution < 1.29 is 18.9 Å². The molecule has 2 heterocycles. The molecule has 152 valence electrons. The van der Waals surface area contributed by atoms with Crippen LogP contribution in [0.4, 0.5) is 0 Å². The monoisotopic (exact) mass is 393 g/mol. The molecule has 0 aromatic heterocycles. The summed E-state index contributed by atoms with van der Waals surface area (Å²) in [6.45, 7) is 6.81. The zero-order valence-corrected chi connectivity index (χ0v) is 17.5. The Morgan fingerprint density at radius 3 is 2.07 bits per heavy atom. The molecular formula is C24H27NO4. The van der Waals surface area contributed by atoms with Gasteiger partial charge < -0.3 is 18.9 Å². The van der Waals surface area contributed by atoms with Crippen LogP contribution in [0.2, 0.25) is 0 Å². The van der Waals surface area contributed by atoms with Gasteiger partial charge in [-0.2, -0.15) is 0 Å². The highest BCUT2D eigenvalue weighted by Crippen LogP contribution is 2.46. The summed E-state index contributed by atoms with van der Waals surface area (Å²) in [4.78, 5) is 2.58. The topological polar surface area (TPSA) is 40.2 Å². The van der Waals surface area contributed by atoms with Gasteiger partial charge in [0.2, 0.25) is 6.79 Å². The predicted molar refractivity (Wildman–Crippen MR) is 115 cm³/mol. The average molecular weight is 393 g/mol. The molecule has 5 rings (SSSR count). The Morgan fingerprint density at radius 1 is 0.862 bits per heavy atom. The van der Waals surface area contributed by atoms with Crippen LogP contribution in [0.1, 0.15) is 31.4 Å². The van der Waals surface area contributed by atoms with Gasteiger partial charge in [0.15, 0.2) is 23.0 Å². The van der Waals surface area contributed by atoms with Gasteiger partial charge in [-0.05, 0) is 76.3 Å². The second-order valence-corrected chi connectivity index (χ2v) is 7.79. The van der Waals surface area contributed by atoms with E-state index in [-0.39, 0.29) is 6.79 Å². The Labute approximate surface area is 171 Å². The minimum absolute atomic E-state index is 0.280. The van der Waals surface area contributed by atoms with Gasteiger partial charge in [0.25, 0.3) is 0 Å². The van der Waals surface area contributed by atoms with E-state index in [1.807, 2.05) is 0 Å². The summed E-state index contributed by atoms with van der Waals surface area (Å²) in [5, 5.41) is 4.85. The summed E-state index contributed by atoms with van der Waals surface area (Å²) >= 11 is 0. The van der Waals surface area contributed by atoms with Gasteiger partial charge in [-0.3, -0.25) is 4.90 Å². The molecule has 29 heavy (non-hydrogen) atoms. The van der Waals surface area contributed by atoms with Crippen LogP contribution in [0.25, 0.3) is 21.5 Å². The lowest BCUT2D eigenvalue weighted by Crippen LogP contribution is -2.39. The summed E-state index contributed by atoms with van der Waals surface area (Å²) < 4.78 is 22.6. The molecule has 2 aliphatic rings. The lowest BCUT2D eigenvalue weighted by atomic mass is 9.84. The number of rotatable bonds is 4. The van der Waals surface area contributed by atoms with Crippen LogP contribution in [0.15, 0.2) is 24.3 Å². The van der Waals surface area contributed by atoms with Crippen LogP contribution in [-0.4, -0.2) is 38.5 Å². The standard InChI is InChI=1S/C24H27NO4/c1-5-14-7-15-16-8-21(26-3)22(27-4)9-17(16)18-10-23-24(29-13-28-23)11-19(18)20(15)12-25(14)6-2/h8-11,14H,5-7,12-13H2,1-4H3. The molecule has 2 aliphatic heterocycles. The molecule has 0 radical (unpaired) electrons. The Kier molecular flexibility index (Phi) is 4.43. The van der Waals surface area contributed by atoms with Crippen molar-refractivity contribution >= 4 is 21.5 Å². The van der Waals surface area contributed by atoms with Crippen LogP contribution >= 0.6 is 0 Å². The fourth-order valence-electron chi connectivity index (χ4n) is 4.97. The fourth-order valence-corrected chi connectivity index (χ4v) is 4.97. The molecule has 3 aromatic carbocycles. The van der Waals surface area contributed by atoms with Crippen molar-refractivity contribution in [2.45, 2.75) is 39.3 Å². The number of hydrogen-bond acceptors (Lipinski definition) is 5. The molecule has 0 spiro atoms. The molecule has 0 saturated carbocycles. The molecular weight excluding hydrogens is 366 g/mol. The van der Waals surface area contributed by atoms with E-state index in [9.17, 15) is 0 Å². The predicted octanol–water partition coefficient (Wildman–Crippen LogP) is 4.90. The molecule has 0 aliphatic carbocycles. The van der Waals surface area contributed by atoms with Gasteiger partial charge in [0.05, 0.1) is 14.2 Å². The van der Waals surface area contributed by atoms with E-state index in [2.05, 4.69) is 43.0 Å². The summed E-state index contributed by atoms with van der Waals surface area (Å²) in [5.41, 5.74) is 2.81. The molecule has 0 amide bonds. The van der Waals surface area contributed by atoms with E-state index in [0.717, 1.165) is 48.9 Å². The van der Waals surface area contributed by atoms with Gasteiger partial charge in [-0.1, -0.05) is 13.8 Å². The maximum atomic E-state index is 5.71. The molecule has 0 N–H and O–H groups in total. The third kappa shape index (κ3) is 2.71. The third-order valence-electron chi connectivity index (χ3n) is 6.54. The van der Waals surface area contributed by atoms with E-state index in [0.29, 0.717) is 6.04 Å². The number of likely N-dealkylation sites (N-methyl/N-ethyl adjacent to an activating group) is 1. The number of hydrogen-bond donors (Lipinski definition) is 0. The van der Waals surface area contributed by atoms with Gasteiger partial charge in [-0.15, -0.1) is 0 Å². The normalized spacial score (nSPS) is 18.3. The number of fused-ring (bicyclic) bond motifs is 7. The van der Waals surface area contributed by atoms with E-state index in [1.54, 1.807) is 14.2 Å². The molecule has 0 saturated heterocycles. The van der Waals surface area contributed by atoms with Crippen molar-refractivity contribution in [3.05, 3.63) is 35.4 Å². The third-order valence-corrected chi connectivity index (χ3v) is 6.54. The molecule has 0 bridgehead atoms. The highest BCUT2D eigenvalue weighted by molar-refractivity contribution is 6.13. The van der Waals surface area contributed by atoms with Crippen LogP contribution < -0.4 is 18.9 Å². The molecule has 5 heteroatoms. The summed E-state index contributed by atoms with van der Waals surface area (Å²) in [6.07, 6.45) is 2.18. The molecule has 5 nitrogen and oxygen atoms in total. The van der Waals surface area contributed by atoms with E-state index in [4.69, 9.17) is 18.9 Å². The van der Waals surface area contributed by atoms with Crippen LogP contribution in [0.5, 0.6) is 23.0 Å². The van der Waals surface area contributed by atoms with E-state index in [1.165, 1.54) is 32.7 Å². The quantitative estimate of drug-likeness (QED) is 0.590. The number of benzene rings is 3. The van der Waals surface area contributed by atoms with Gasteiger partial charge in [0, 0.05) is 12.6 Å². The zero-order chi connectivity index (χ0) is 20.1. The number of methoxy groups -OCH3 is 2.